The number of halogens is 1. The molecule has 2 aromatic rings. The van der Waals surface area contributed by atoms with E-state index in [-0.39, 0.29) is 0 Å². The molecular weight excluding hydrogens is 334 g/mol. The number of benzene rings is 1. The van der Waals surface area contributed by atoms with Gasteiger partial charge in [-0.3, -0.25) is 4.79 Å². The molecule has 8 heteroatoms. The molecule has 1 aliphatic rings. The van der Waals surface area contributed by atoms with Crippen LogP contribution in [0.3, 0.4) is 0 Å². The van der Waals surface area contributed by atoms with Crippen molar-refractivity contribution >= 4 is 35.2 Å². The Kier molecular flexibility index (Phi) is 4.32. The highest BCUT2D eigenvalue weighted by molar-refractivity contribution is 7.99. The first-order valence-electron chi connectivity index (χ1n) is 7.13. The number of carbonyl (C=O) groups is 1. The van der Waals surface area contributed by atoms with Gasteiger partial charge in [0.05, 0.1) is 5.57 Å². The molecule has 23 heavy (non-hydrogen) atoms. The average Bonchev–Trinajstić information content (AvgIpc) is 2.89. The third kappa shape index (κ3) is 2.94. The van der Waals surface area contributed by atoms with Crippen LogP contribution >= 0.6 is 23.4 Å². The monoisotopic (exact) mass is 349 g/mol. The molecule has 3 rings (SSSR count). The molecule has 3 N–H and O–H groups in total. The average molecular weight is 350 g/mol. The van der Waals surface area contributed by atoms with Crippen molar-refractivity contribution < 1.29 is 4.79 Å². The Labute approximate surface area is 143 Å². The predicted octanol–water partition coefficient (Wildman–Crippen LogP) is 2.82. The van der Waals surface area contributed by atoms with E-state index in [2.05, 4.69) is 15.4 Å². The Hall–Kier alpha value is -1.99. The highest BCUT2D eigenvalue weighted by Crippen LogP contribution is 2.36. The number of thioether (sulfide) groups is 1. The maximum atomic E-state index is 12.0. The van der Waals surface area contributed by atoms with Gasteiger partial charge >= 0.3 is 0 Å². The molecule has 1 atom stereocenters. The standard InChI is InChI=1S/C15H16ClN5OS/c1-3-23-15-19-14-18-8(2)11(13(17)22)12(21(14)20-15)9-4-6-10(16)7-5-9/h4-7,12H,3H2,1-2H3,(H2,17,22)(H,18,19,20). The smallest absolute Gasteiger partial charge is 0.248 e. The van der Waals surface area contributed by atoms with Gasteiger partial charge < -0.3 is 11.1 Å². The Morgan fingerprint density at radius 1 is 1.43 bits per heavy atom. The summed E-state index contributed by atoms with van der Waals surface area (Å²) in [6, 6.07) is 6.88. The van der Waals surface area contributed by atoms with Gasteiger partial charge in [-0.1, -0.05) is 42.4 Å². The van der Waals surface area contributed by atoms with Gasteiger partial charge in [-0.05, 0) is 30.4 Å². The predicted molar refractivity (Wildman–Crippen MR) is 91.5 cm³/mol. The molecule has 1 aromatic heterocycles. The van der Waals surface area contributed by atoms with Crippen LogP contribution in [0.2, 0.25) is 5.02 Å². The topological polar surface area (TPSA) is 85.8 Å². The van der Waals surface area contributed by atoms with Gasteiger partial charge in [0.1, 0.15) is 6.04 Å². The number of nitrogens with zero attached hydrogens (tertiary/aromatic N) is 3. The summed E-state index contributed by atoms with van der Waals surface area (Å²) in [5.41, 5.74) is 7.64. The molecule has 0 spiro atoms. The minimum atomic E-state index is -0.485. The van der Waals surface area contributed by atoms with Gasteiger partial charge in [0.25, 0.3) is 0 Å². The first-order chi connectivity index (χ1) is 11.0. The molecule has 0 saturated heterocycles. The van der Waals surface area contributed by atoms with Crippen molar-refractivity contribution in [1.29, 1.82) is 0 Å². The molecule has 0 aliphatic carbocycles. The second kappa shape index (κ2) is 6.25. The lowest BCUT2D eigenvalue weighted by Gasteiger charge is -2.27. The van der Waals surface area contributed by atoms with Crippen LogP contribution in [0, 0.1) is 0 Å². The molecule has 0 saturated carbocycles. The van der Waals surface area contributed by atoms with Gasteiger partial charge in [0.15, 0.2) is 0 Å². The zero-order valence-electron chi connectivity index (χ0n) is 12.7. The fraction of sp³-hybridized carbons (Fsp3) is 0.267. The van der Waals surface area contributed by atoms with Crippen molar-refractivity contribution in [1.82, 2.24) is 14.8 Å². The van der Waals surface area contributed by atoms with E-state index in [9.17, 15) is 4.79 Å². The second-order valence-corrected chi connectivity index (χ2v) is 6.75. The number of amides is 1. The van der Waals surface area contributed by atoms with Crippen LogP contribution in [0.4, 0.5) is 5.95 Å². The van der Waals surface area contributed by atoms with E-state index in [4.69, 9.17) is 17.3 Å². The fourth-order valence-electron chi connectivity index (χ4n) is 2.59. The normalized spacial score (nSPS) is 16.9. The first-order valence-corrected chi connectivity index (χ1v) is 8.50. The molecular formula is C15H16ClN5OS. The number of aromatic nitrogens is 3. The van der Waals surface area contributed by atoms with Gasteiger partial charge in [-0.15, -0.1) is 5.10 Å². The number of hydrogen-bond donors (Lipinski definition) is 2. The Balaban J connectivity index is 2.15. The Morgan fingerprint density at radius 3 is 2.74 bits per heavy atom. The number of anilines is 1. The Morgan fingerprint density at radius 2 is 2.13 bits per heavy atom. The number of fused-ring (bicyclic) bond motifs is 1. The van der Waals surface area contributed by atoms with E-state index >= 15 is 0 Å². The summed E-state index contributed by atoms with van der Waals surface area (Å²) in [6.07, 6.45) is 0. The second-order valence-electron chi connectivity index (χ2n) is 5.08. The van der Waals surface area contributed by atoms with E-state index in [1.165, 1.54) is 0 Å². The van der Waals surface area contributed by atoms with Crippen molar-refractivity contribution in [3.8, 4) is 0 Å². The number of primary amides is 1. The molecule has 1 unspecified atom stereocenters. The third-order valence-electron chi connectivity index (χ3n) is 3.56. The molecule has 120 valence electrons. The van der Waals surface area contributed by atoms with E-state index in [0.29, 0.717) is 27.4 Å². The van der Waals surface area contributed by atoms with E-state index < -0.39 is 11.9 Å². The third-order valence-corrected chi connectivity index (χ3v) is 4.53. The summed E-state index contributed by atoms with van der Waals surface area (Å²) in [5.74, 6) is 0.980. The number of carbonyl (C=O) groups excluding carboxylic acids is 1. The van der Waals surface area contributed by atoms with E-state index in [0.717, 1.165) is 11.3 Å². The lowest BCUT2D eigenvalue weighted by Crippen LogP contribution is -2.31. The minimum Gasteiger partial charge on any atom is -0.366 e. The first kappa shape index (κ1) is 15.9. The van der Waals surface area contributed by atoms with Crippen LogP contribution in [0.25, 0.3) is 0 Å². The van der Waals surface area contributed by atoms with Crippen LogP contribution < -0.4 is 11.1 Å². The lowest BCUT2D eigenvalue weighted by molar-refractivity contribution is -0.115. The Bertz CT molecular complexity index is 784. The summed E-state index contributed by atoms with van der Waals surface area (Å²) in [4.78, 5) is 16.5. The van der Waals surface area contributed by atoms with Crippen molar-refractivity contribution in [2.24, 2.45) is 5.73 Å². The van der Waals surface area contributed by atoms with Crippen LogP contribution in [-0.4, -0.2) is 26.4 Å². The quantitative estimate of drug-likeness (QED) is 0.829. The highest BCUT2D eigenvalue weighted by atomic mass is 35.5. The molecule has 1 aromatic carbocycles. The molecule has 6 nitrogen and oxygen atoms in total. The zero-order chi connectivity index (χ0) is 16.6. The van der Waals surface area contributed by atoms with E-state index in [1.54, 1.807) is 28.6 Å². The van der Waals surface area contributed by atoms with Gasteiger partial charge in [-0.25, -0.2) is 4.68 Å². The molecule has 0 radical (unpaired) electrons. The van der Waals surface area contributed by atoms with Crippen LogP contribution in [0.1, 0.15) is 25.5 Å². The maximum Gasteiger partial charge on any atom is 0.248 e. The molecule has 1 aliphatic heterocycles. The van der Waals surface area contributed by atoms with Crippen molar-refractivity contribution in [2.45, 2.75) is 25.0 Å². The zero-order valence-corrected chi connectivity index (χ0v) is 14.3. The number of nitrogens with two attached hydrogens (primary N) is 1. The number of hydrogen-bond acceptors (Lipinski definition) is 5. The van der Waals surface area contributed by atoms with Crippen LogP contribution in [0.5, 0.6) is 0 Å². The van der Waals surface area contributed by atoms with Gasteiger partial charge in [0.2, 0.25) is 17.0 Å². The summed E-state index contributed by atoms with van der Waals surface area (Å²) >= 11 is 7.51. The maximum absolute atomic E-state index is 12.0. The van der Waals surface area contributed by atoms with Crippen molar-refractivity contribution in [3.63, 3.8) is 0 Å². The molecule has 1 amide bonds. The van der Waals surface area contributed by atoms with Crippen LogP contribution in [0.15, 0.2) is 40.7 Å². The minimum absolute atomic E-state index is 0.417. The SMILES string of the molecule is CCSc1nc2n(n1)C(c1ccc(Cl)cc1)C(C(N)=O)=C(C)N2. The largest absolute Gasteiger partial charge is 0.366 e. The molecule has 2 heterocycles. The number of allylic oxidation sites excluding steroid dienone is 1. The highest BCUT2D eigenvalue weighted by Gasteiger charge is 2.33. The lowest BCUT2D eigenvalue weighted by atomic mass is 9.95. The fourth-order valence-corrected chi connectivity index (χ4v) is 3.27. The van der Waals surface area contributed by atoms with Gasteiger partial charge in [-0.2, -0.15) is 4.98 Å². The van der Waals surface area contributed by atoms with Crippen molar-refractivity contribution in [2.75, 3.05) is 11.1 Å². The van der Waals surface area contributed by atoms with Crippen LogP contribution in [-0.2, 0) is 4.79 Å². The molecule has 0 bridgehead atoms. The number of rotatable bonds is 4. The van der Waals surface area contributed by atoms with Crippen molar-refractivity contribution in [3.05, 3.63) is 46.1 Å². The molecule has 0 fully saturated rings. The van der Waals surface area contributed by atoms with Gasteiger partial charge in [0, 0.05) is 10.7 Å². The summed E-state index contributed by atoms with van der Waals surface area (Å²) in [5, 5.41) is 8.92. The number of nitrogens with one attached hydrogen (secondary N) is 1. The summed E-state index contributed by atoms with van der Waals surface area (Å²) < 4.78 is 1.70. The summed E-state index contributed by atoms with van der Waals surface area (Å²) in [6.45, 7) is 3.85. The van der Waals surface area contributed by atoms with E-state index in [1.807, 2.05) is 26.0 Å². The summed E-state index contributed by atoms with van der Waals surface area (Å²) in [7, 11) is 0.